The molecule has 1 heterocycles. The first-order valence-electron chi connectivity index (χ1n) is 9.55. The summed E-state index contributed by atoms with van der Waals surface area (Å²) >= 11 is 3.54. The average Bonchev–Trinajstić information content (AvgIpc) is 2.53. The number of hydrogen-bond donors (Lipinski definition) is 0. The standard InChI is InChI=1S/C21H32BrNO3/c1-15-14-17(11-12-23(15)20(24)26-21(3,4)5)8-7-13-25-19-10-6-9-18(22)16(19)2/h6,9-10,15,17H,7-8,11-14H2,1-5H3/t15-,17+/m1/s1. The van der Waals surface area contributed by atoms with Crippen LogP contribution >= 0.6 is 15.9 Å². The molecule has 146 valence electrons. The SMILES string of the molecule is Cc1c(Br)cccc1OCCC[C@H]1CCN(C(=O)OC(C)(C)C)[C@H](C)C1. The van der Waals surface area contributed by atoms with Crippen LogP contribution < -0.4 is 4.74 Å². The summed E-state index contributed by atoms with van der Waals surface area (Å²) in [5.74, 6) is 1.60. The van der Waals surface area contributed by atoms with Gasteiger partial charge in [-0.3, -0.25) is 0 Å². The molecule has 2 rings (SSSR count). The molecule has 1 fully saturated rings. The lowest BCUT2D eigenvalue weighted by molar-refractivity contribution is 0.00646. The third kappa shape index (κ3) is 6.19. The van der Waals surface area contributed by atoms with Crippen LogP contribution in [0.2, 0.25) is 0 Å². The quantitative estimate of drug-likeness (QED) is 0.546. The highest BCUT2D eigenvalue weighted by Gasteiger charge is 2.31. The first-order chi connectivity index (χ1) is 12.2. The fraction of sp³-hybridized carbons (Fsp3) is 0.667. The van der Waals surface area contributed by atoms with E-state index in [-0.39, 0.29) is 12.1 Å². The van der Waals surface area contributed by atoms with Crippen LogP contribution in [0.15, 0.2) is 22.7 Å². The monoisotopic (exact) mass is 425 g/mol. The van der Waals surface area contributed by atoms with Crippen LogP contribution in [0.4, 0.5) is 4.79 Å². The van der Waals surface area contributed by atoms with Crippen molar-refractivity contribution in [3.63, 3.8) is 0 Å². The maximum Gasteiger partial charge on any atom is 0.410 e. The van der Waals surface area contributed by atoms with Crippen LogP contribution in [-0.4, -0.2) is 35.8 Å². The normalized spacial score (nSPS) is 20.8. The van der Waals surface area contributed by atoms with Crippen LogP contribution in [0.5, 0.6) is 5.75 Å². The molecule has 2 atom stereocenters. The predicted molar refractivity (Wildman–Crippen MR) is 109 cm³/mol. The molecule has 0 aromatic heterocycles. The average molecular weight is 426 g/mol. The molecule has 26 heavy (non-hydrogen) atoms. The molecule has 0 aliphatic carbocycles. The van der Waals surface area contributed by atoms with E-state index in [2.05, 4.69) is 29.8 Å². The van der Waals surface area contributed by atoms with E-state index in [4.69, 9.17) is 9.47 Å². The van der Waals surface area contributed by atoms with Gasteiger partial charge in [0.2, 0.25) is 0 Å². The fourth-order valence-corrected chi connectivity index (χ4v) is 3.77. The number of carbonyl (C=O) groups excluding carboxylic acids is 1. The summed E-state index contributed by atoms with van der Waals surface area (Å²) in [6.45, 7) is 11.4. The van der Waals surface area contributed by atoms with Gasteiger partial charge in [-0.2, -0.15) is 0 Å². The topological polar surface area (TPSA) is 38.8 Å². The van der Waals surface area contributed by atoms with E-state index in [0.29, 0.717) is 5.92 Å². The minimum absolute atomic E-state index is 0.183. The smallest absolute Gasteiger partial charge is 0.410 e. The van der Waals surface area contributed by atoms with Gasteiger partial charge in [0, 0.05) is 22.6 Å². The Hall–Kier alpha value is -1.23. The van der Waals surface area contributed by atoms with Crippen molar-refractivity contribution < 1.29 is 14.3 Å². The third-order valence-corrected chi connectivity index (χ3v) is 5.70. The number of ether oxygens (including phenoxy) is 2. The zero-order valence-corrected chi connectivity index (χ0v) is 18.3. The second kappa shape index (κ2) is 9.12. The number of piperidine rings is 1. The summed E-state index contributed by atoms with van der Waals surface area (Å²) in [6, 6.07) is 6.28. The molecular formula is C21H32BrNO3. The number of rotatable bonds is 5. The lowest BCUT2D eigenvalue weighted by Crippen LogP contribution is -2.46. The van der Waals surface area contributed by atoms with Crippen LogP contribution in [0.25, 0.3) is 0 Å². The number of benzene rings is 1. The van der Waals surface area contributed by atoms with Gasteiger partial charge in [-0.15, -0.1) is 0 Å². The van der Waals surface area contributed by atoms with E-state index in [9.17, 15) is 4.79 Å². The molecule has 4 nitrogen and oxygen atoms in total. The molecule has 0 unspecified atom stereocenters. The van der Waals surface area contributed by atoms with E-state index in [0.717, 1.165) is 54.6 Å². The Morgan fingerprint density at radius 2 is 2.08 bits per heavy atom. The second-order valence-corrected chi connectivity index (χ2v) is 9.12. The summed E-state index contributed by atoms with van der Waals surface area (Å²) in [4.78, 5) is 14.2. The molecule has 0 spiro atoms. The number of carbonyl (C=O) groups is 1. The van der Waals surface area contributed by atoms with Gasteiger partial charge in [-0.1, -0.05) is 22.0 Å². The van der Waals surface area contributed by atoms with Gasteiger partial charge in [0.15, 0.2) is 0 Å². The molecule has 1 aliphatic rings. The Balaban J connectivity index is 1.72. The van der Waals surface area contributed by atoms with Gasteiger partial charge < -0.3 is 14.4 Å². The maximum atomic E-state index is 12.3. The summed E-state index contributed by atoms with van der Waals surface area (Å²) in [6.07, 6.45) is 4.07. The van der Waals surface area contributed by atoms with E-state index >= 15 is 0 Å². The van der Waals surface area contributed by atoms with Crippen LogP contribution in [0.1, 0.15) is 58.9 Å². The lowest BCUT2D eigenvalue weighted by atomic mass is 9.88. The van der Waals surface area contributed by atoms with E-state index in [1.807, 2.05) is 43.9 Å². The minimum atomic E-state index is -0.435. The molecule has 0 bridgehead atoms. The van der Waals surface area contributed by atoms with Gasteiger partial charge in [0.05, 0.1) is 6.61 Å². The van der Waals surface area contributed by atoms with E-state index < -0.39 is 5.60 Å². The molecular weight excluding hydrogens is 394 g/mol. The van der Waals surface area contributed by atoms with Gasteiger partial charge in [-0.25, -0.2) is 4.79 Å². The van der Waals surface area contributed by atoms with Gasteiger partial charge in [0.1, 0.15) is 11.4 Å². The fourth-order valence-electron chi connectivity index (χ4n) is 3.42. The molecule has 1 aromatic rings. The van der Waals surface area contributed by atoms with Crippen molar-refractivity contribution in [1.29, 1.82) is 0 Å². The Kier molecular flexibility index (Phi) is 7.39. The highest BCUT2D eigenvalue weighted by molar-refractivity contribution is 9.10. The molecule has 5 heteroatoms. The Morgan fingerprint density at radius 3 is 2.73 bits per heavy atom. The molecule has 1 aromatic carbocycles. The number of likely N-dealkylation sites (tertiary alicyclic amines) is 1. The highest BCUT2D eigenvalue weighted by atomic mass is 79.9. The zero-order valence-electron chi connectivity index (χ0n) is 16.7. The largest absolute Gasteiger partial charge is 0.493 e. The first-order valence-corrected chi connectivity index (χ1v) is 10.3. The van der Waals surface area contributed by atoms with E-state index in [1.165, 1.54) is 0 Å². The molecule has 0 N–H and O–H groups in total. The molecule has 0 radical (unpaired) electrons. The van der Waals surface area contributed by atoms with Gasteiger partial charge >= 0.3 is 6.09 Å². The second-order valence-electron chi connectivity index (χ2n) is 8.27. The maximum absolute atomic E-state index is 12.3. The summed E-state index contributed by atoms with van der Waals surface area (Å²) in [7, 11) is 0. The van der Waals surface area contributed by atoms with Crippen molar-refractivity contribution in [2.75, 3.05) is 13.2 Å². The minimum Gasteiger partial charge on any atom is -0.493 e. The first kappa shape index (κ1) is 21.1. The van der Waals surface area contributed by atoms with Crippen LogP contribution in [0, 0.1) is 12.8 Å². The van der Waals surface area contributed by atoms with E-state index in [1.54, 1.807) is 0 Å². The molecule has 1 saturated heterocycles. The molecule has 1 aliphatic heterocycles. The zero-order chi connectivity index (χ0) is 19.3. The Morgan fingerprint density at radius 1 is 1.35 bits per heavy atom. The number of nitrogens with zero attached hydrogens (tertiary/aromatic N) is 1. The highest BCUT2D eigenvalue weighted by Crippen LogP contribution is 2.29. The van der Waals surface area contributed by atoms with Crippen LogP contribution in [-0.2, 0) is 4.74 Å². The lowest BCUT2D eigenvalue weighted by Gasteiger charge is -2.38. The number of halogens is 1. The van der Waals surface area contributed by atoms with Crippen molar-refractivity contribution >= 4 is 22.0 Å². The third-order valence-electron chi connectivity index (χ3n) is 4.85. The molecule has 1 amide bonds. The van der Waals surface area contributed by atoms with Crippen molar-refractivity contribution in [2.45, 2.75) is 71.9 Å². The van der Waals surface area contributed by atoms with Crippen molar-refractivity contribution in [2.24, 2.45) is 5.92 Å². The van der Waals surface area contributed by atoms with Crippen molar-refractivity contribution in [3.05, 3.63) is 28.2 Å². The number of hydrogen-bond acceptors (Lipinski definition) is 3. The summed E-state index contributed by atoms with van der Waals surface area (Å²) < 4.78 is 12.5. The number of amides is 1. The van der Waals surface area contributed by atoms with Crippen LogP contribution in [0.3, 0.4) is 0 Å². The summed E-state index contributed by atoms with van der Waals surface area (Å²) in [5.41, 5.74) is 0.710. The Labute approximate surface area is 166 Å². The van der Waals surface area contributed by atoms with Crippen molar-refractivity contribution in [3.8, 4) is 5.75 Å². The van der Waals surface area contributed by atoms with Gasteiger partial charge in [-0.05, 0) is 78.4 Å². The Bertz CT molecular complexity index is 612. The van der Waals surface area contributed by atoms with Crippen molar-refractivity contribution in [1.82, 2.24) is 4.90 Å². The van der Waals surface area contributed by atoms with Gasteiger partial charge in [0.25, 0.3) is 0 Å². The predicted octanol–water partition coefficient (Wildman–Crippen LogP) is 5.95. The molecule has 0 saturated carbocycles. The summed E-state index contributed by atoms with van der Waals surface area (Å²) in [5, 5.41) is 0.